The predicted molar refractivity (Wildman–Crippen MR) is 81.0 cm³/mol. The number of aryl methyl sites for hydroxylation is 1. The second kappa shape index (κ2) is 4.94. The molecule has 0 fully saturated rings. The van der Waals surface area contributed by atoms with Crippen LogP contribution in [-0.4, -0.2) is 33.6 Å². The monoisotopic (exact) mass is 296 g/mol. The molecule has 0 unspecified atom stereocenters. The van der Waals surface area contributed by atoms with E-state index in [0.717, 1.165) is 16.3 Å². The summed E-state index contributed by atoms with van der Waals surface area (Å²) < 4.78 is 1.91. The van der Waals surface area contributed by atoms with Crippen molar-refractivity contribution in [2.75, 3.05) is 6.54 Å². The fraction of sp³-hybridized carbons (Fsp3) is 0.235. The fourth-order valence-electron chi connectivity index (χ4n) is 2.75. The van der Waals surface area contributed by atoms with Crippen molar-refractivity contribution in [3.8, 4) is 0 Å². The van der Waals surface area contributed by atoms with Crippen LogP contribution in [0.1, 0.15) is 42.5 Å². The lowest BCUT2D eigenvalue weighted by Crippen LogP contribution is -2.35. The van der Waals surface area contributed by atoms with E-state index in [2.05, 4.69) is 0 Å². The fourth-order valence-corrected chi connectivity index (χ4v) is 2.75. The standard InChI is InChI=1S/C17H16N2O3/c1-10-8-14(11(2)18(10)3)15(20)9-19-16(21)12-6-4-5-7-13(12)17(19)22/h4-8H,9H2,1-3H3. The molecule has 1 aromatic carbocycles. The van der Waals surface area contributed by atoms with E-state index in [1.54, 1.807) is 30.3 Å². The third-order valence-corrected chi connectivity index (χ3v) is 4.26. The van der Waals surface area contributed by atoms with Crippen LogP contribution in [0.2, 0.25) is 0 Å². The number of fused-ring (bicyclic) bond motifs is 1. The summed E-state index contributed by atoms with van der Waals surface area (Å²) in [7, 11) is 1.88. The van der Waals surface area contributed by atoms with Gasteiger partial charge in [-0.15, -0.1) is 0 Å². The highest BCUT2D eigenvalue weighted by atomic mass is 16.2. The van der Waals surface area contributed by atoms with Crippen molar-refractivity contribution in [2.24, 2.45) is 7.05 Å². The van der Waals surface area contributed by atoms with Crippen molar-refractivity contribution in [1.29, 1.82) is 0 Å². The first-order valence-electron chi connectivity index (χ1n) is 7.03. The molecule has 2 heterocycles. The molecule has 2 amide bonds. The first kappa shape index (κ1) is 14.3. The number of benzene rings is 1. The second-order valence-electron chi connectivity index (χ2n) is 5.51. The molecular formula is C17H16N2O3. The highest BCUT2D eigenvalue weighted by Crippen LogP contribution is 2.23. The number of carbonyl (C=O) groups is 3. The Balaban J connectivity index is 1.88. The van der Waals surface area contributed by atoms with Gasteiger partial charge in [-0.05, 0) is 32.0 Å². The van der Waals surface area contributed by atoms with E-state index in [1.807, 2.05) is 25.5 Å². The highest BCUT2D eigenvalue weighted by Gasteiger charge is 2.36. The molecular weight excluding hydrogens is 280 g/mol. The third-order valence-electron chi connectivity index (χ3n) is 4.26. The molecule has 0 atom stereocenters. The number of carbonyl (C=O) groups excluding carboxylic acids is 3. The van der Waals surface area contributed by atoms with Crippen LogP contribution in [-0.2, 0) is 7.05 Å². The number of ketones is 1. The predicted octanol–water partition coefficient (Wildman–Crippen LogP) is 2.12. The van der Waals surface area contributed by atoms with Gasteiger partial charge in [0.1, 0.15) is 0 Å². The molecule has 2 aromatic rings. The summed E-state index contributed by atoms with van der Waals surface area (Å²) >= 11 is 0. The van der Waals surface area contributed by atoms with Crippen molar-refractivity contribution in [3.05, 3.63) is 58.4 Å². The van der Waals surface area contributed by atoms with Gasteiger partial charge in [-0.2, -0.15) is 0 Å². The zero-order valence-corrected chi connectivity index (χ0v) is 12.7. The van der Waals surface area contributed by atoms with Crippen LogP contribution in [0, 0.1) is 13.8 Å². The Kier molecular flexibility index (Phi) is 3.20. The van der Waals surface area contributed by atoms with E-state index in [-0.39, 0.29) is 12.3 Å². The Bertz CT molecular complexity index is 782. The van der Waals surface area contributed by atoms with Crippen LogP contribution in [0.5, 0.6) is 0 Å². The first-order chi connectivity index (χ1) is 10.4. The number of amides is 2. The zero-order chi connectivity index (χ0) is 16.0. The minimum absolute atomic E-state index is 0.226. The van der Waals surface area contributed by atoms with Crippen LogP contribution in [0.25, 0.3) is 0 Å². The van der Waals surface area contributed by atoms with Gasteiger partial charge in [0.15, 0.2) is 5.78 Å². The van der Waals surface area contributed by atoms with Crippen LogP contribution < -0.4 is 0 Å². The molecule has 0 spiro atoms. The second-order valence-corrected chi connectivity index (χ2v) is 5.51. The zero-order valence-electron chi connectivity index (χ0n) is 12.7. The molecule has 5 heteroatoms. The number of aromatic nitrogens is 1. The van der Waals surface area contributed by atoms with Gasteiger partial charge in [-0.3, -0.25) is 19.3 Å². The Labute approximate surface area is 128 Å². The van der Waals surface area contributed by atoms with Gasteiger partial charge in [0.25, 0.3) is 11.8 Å². The van der Waals surface area contributed by atoms with E-state index in [4.69, 9.17) is 0 Å². The maximum absolute atomic E-state index is 12.5. The number of Topliss-reactive ketones (excluding diaryl/α,β-unsaturated/α-hetero) is 1. The largest absolute Gasteiger partial charge is 0.351 e. The average Bonchev–Trinajstić information content (AvgIpc) is 2.91. The van der Waals surface area contributed by atoms with Gasteiger partial charge in [-0.25, -0.2) is 0 Å². The lowest BCUT2D eigenvalue weighted by atomic mass is 10.1. The molecule has 1 aliphatic rings. The average molecular weight is 296 g/mol. The topological polar surface area (TPSA) is 59.4 Å². The van der Waals surface area contributed by atoms with E-state index in [0.29, 0.717) is 16.7 Å². The first-order valence-corrected chi connectivity index (χ1v) is 7.03. The van der Waals surface area contributed by atoms with Crippen molar-refractivity contribution in [3.63, 3.8) is 0 Å². The Hall–Kier alpha value is -2.69. The van der Waals surface area contributed by atoms with E-state index in [1.165, 1.54) is 0 Å². The summed E-state index contributed by atoms with van der Waals surface area (Å²) in [6, 6.07) is 8.42. The summed E-state index contributed by atoms with van der Waals surface area (Å²) in [5.74, 6) is -1.03. The molecule has 1 aliphatic heterocycles. The Morgan fingerprint density at radius 1 is 1.05 bits per heavy atom. The molecule has 0 N–H and O–H groups in total. The van der Waals surface area contributed by atoms with Crippen molar-refractivity contribution in [1.82, 2.24) is 9.47 Å². The molecule has 0 radical (unpaired) electrons. The lowest BCUT2D eigenvalue weighted by Gasteiger charge is -2.12. The highest BCUT2D eigenvalue weighted by molar-refractivity contribution is 6.23. The number of hydrogen-bond acceptors (Lipinski definition) is 3. The van der Waals surface area contributed by atoms with Gasteiger partial charge in [0, 0.05) is 24.0 Å². The summed E-state index contributed by atoms with van der Waals surface area (Å²) in [5, 5.41) is 0. The number of rotatable bonds is 3. The van der Waals surface area contributed by atoms with Gasteiger partial charge in [0.2, 0.25) is 0 Å². The van der Waals surface area contributed by atoms with Crippen molar-refractivity contribution < 1.29 is 14.4 Å². The molecule has 22 heavy (non-hydrogen) atoms. The summed E-state index contributed by atoms with van der Waals surface area (Å²) in [4.78, 5) is 38.0. The van der Waals surface area contributed by atoms with E-state index in [9.17, 15) is 14.4 Å². The molecule has 0 saturated heterocycles. The Morgan fingerprint density at radius 2 is 1.59 bits per heavy atom. The van der Waals surface area contributed by atoms with Crippen LogP contribution in [0.3, 0.4) is 0 Å². The number of imide groups is 1. The van der Waals surface area contributed by atoms with Crippen molar-refractivity contribution in [2.45, 2.75) is 13.8 Å². The number of nitrogens with zero attached hydrogens (tertiary/aromatic N) is 2. The molecule has 0 bridgehead atoms. The molecule has 0 aliphatic carbocycles. The van der Waals surface area contributed by atoms with E-state index >= 15 is 0 Å². The van der Waals surface area contributed by atoms with Gasteiger partial charge in [0.05, 0.1) is 17.7 Å². The summed E-state index contributed by atoms with van der Waals surface area (Å²) in [6.45, 7) is 3.53. The van der Waals surface area contributed by atoms with Gasteiger partial charge in [-0.1, -0.05) is 12.1 Å². The van der Waals surface area contributed by atoms with Crippen LogP contribution in [0.4, 0.5) is 0 Å². The van der Waals surface area contributed by atoms with Crippen molar-refractivity contribution >= 4 is 17.6 Å². The third kappa shape index (κ3) is 1.97. The van der Waals surface area contributed by atoms with Crippen LogP contribution in [0.15, 0.2) is 30.3 Å². The van der Waals surface area contributed by atoms with E-state index < -0.39 is 11.8 Å². The number of hydrogen-bond donors (Lipinski definition) is 0. The maximum Gasteiger partial charge on any atom is 0.261 e. The maximum atomic E-state index is 12.5. The minimum atomic E-state index is -0.403. The molecule has 5 nitrogen and oxygen atoms in total. The normalized spacial score (nSPS) is 13.7. The van der Waals surface area contributed by atoms with Gasteiger partial charge < -0.3 is 4.57 Å². The summed E-state index contributed by atoms with van der Waals surface area (Å²) in [6.07, 6.45) is 0. The molecule has 112 valence electrons. The smallest absolute Gasteiger partial charge is 0.261 e. The molecule has 0 saturated carbocycles. The molecule has 3 rings (SSSR count). The molecule has 1 aromatic heterocycles. The van der Waals surface area contributed by atoms with Crippen LogP contribution >= 0.6 is 0 Å². The lowest BCUT2D eigenvalue weighted by molar-refractivity contribution is 0.0624. The SMILES string of the molecule is Cc1cc(C(=O)CN2C(=O)c3ccccc3C2=O)c(C)n1C. The summed E-state index contributed by atoms with van der Waals surface area (Å²) in [5.41, 5.74) is 3.07. The Morgan fingerprint density at radius 3 is 2.05 bits per heavy atom. The van der Waals surface area contributed by atoms with Gasteiger partial charge >= 0.3 is 0 Å². The minimum Gasteiger partial charge on any atom is -0.351 e. The quantitative estimate of drug-likeness (QED) is 0.644.